The van der Waals surface area contributed by atoms with Crippen molar-refractivity contribution in [1.82, 2.24) is 0 Å². The van der Waals surface area contributed by atoms with Crippen molar-refractivity contribution in [3.63, 3.8) is 0 Å². The summed E-state index contributed by atoms with van der Waals surface area (Å²) in [5, 5.41) is 61.2. The largest absolute Gasteiger partial charge is 0.469 e. The van der Waals surface area contributed by atoms with E-state index >= 15 is 0 Å². The molecule has 0 amide bonds. The van der Waals surface area contributed by atoms with E-state index in [0.29, 0.717) is 0 Å². The van der Waals surface area contributed by atoms with Crippen LogP contribution in [0.4, 0.5) is 0 Å². The normalized spacial score (nSPS) is 42.2. The first-order valence-electron chi connectivity index (χ1n) is 11.4. The van der Waals surface area contributed by atoms with E-state index in [9.17, 15) is 35.4 Å². The van der Waals surface area contributed by atoms with Crippen LogP contribution in [0.15, 0.2) is 48.7 Å². The molecule has 1 saturated heterocycles. The van der Waals surface area contributed by atoms with Gasteiger partial charge in [0.15, 0.2) is 0 Å². The van der Waals surface area contributed by atoms with Crippen LogP contribution in [0.3, 0.4) is 0 Å². The second kappa shape index (κ2) is 10.5. The van der Waals surface area contributed by atoms with Crippen molar-refractivity contribution < 1.29 is 59.4 Å². The van der Waals surface area contributed by atoms with Crippen molar-refractivity contribution in [3.8, 4) is 0 Å². The van der Waals surface area contributed by atoms with E-state index < -0.39 is 72.8 Å². The molecular weight excluding hydrogens is 480 g/mol. The predicted molar refractivity (Wildman–Crippen MR) is 119 cm³/mol. The summed E-state index contributed by atoms with van der Waals surface area (Å²) < 4.78 is 16.3. The molecule has 198 valence electrons. The third-order valence-corrected chi connectivity index (χ3v) is 6.75. The SMILES string of the molecule is C[C@]1(OC(=O)/C=C/c2ccccc2)C[C@@H](O)[C@]2(O)C=CO[C@@H](OO[C@H]3O[C@H](CO)[C@@H](O)[C@H](O)[C@H]3O)[C@@H]21. The summed E-state index contributed by atoms with van der Waals surface area (Å²) in [5.41, 5.74) is -2.64. The van der Waals surface area contributed by atoms with Crippen molar-refractivity contribution in [2.24, 2.45) is 5.92 Å². The number of rotatable bonds is 7. The van der Waals surface area contributed by atoms with Crippen LogP contribution in [0.5, 0.6) is 0 Å². The minimum atomic E-state index is -1.92. The average Bonchev–Trinajstić information content (AvgIpc) is 3.06. The van der Waals surface area contributed by atoms with Crippen LogP contribution in [0, 0.1) is 5.92 Å². The third-order valence-electron chi connectivity index (χ3n) is 6.75. The topological polar surface area (TPSA) is 185 Å². The molecule has 6 N–H and O–H groups in total. The molecule has 0 spiro atoms. The first-order valence-corrected chi connectivity index (χ1v) is 11.4. The quantitative estimate of drug-likeness (QED) is 0.111. The number of hydrogen-bond donors (Lipinski definition) is 6. The smallest absolute Gasteiger partial charge is 0.331 e. The molecule has 0 bridgehead atoms. The van der Waals surface area contributed by atoms with Crippen molar-refractivity contribution in [1.29, 1.82) is 0 Å². The van der Waals surface area contributed by atoms with Crippen LogP contribution >= 0.6 is 0 Å². The summed E-state index contributed by atoms with van der Waals surface area (Å²) in [7, 11) is 0. The fraction of sp³-hybridized carbons (Fsp3) is 0.542. The van der Waals surface area contributed by atoms with Gasteiger partial charge in [-0.15, -0.1) is 0 Å². The Kier molecular flexibility index (Phi) is 7.80. The number of hydrogen-bond acceptors (Lipinski definition) is 12. The number of benzene rings is 1. The molecule has 1 aliphatic carbocycles. The molecule has 2 heterocycles. The zero-order valence-corrected chi connectivity index (χ0v) is 19.4. The van der Waals surface area contributed by atoms with Crippen LogP contribution in [0.1, 0.15) is 18.9 Å². The summed E-state index contributed by atoms with van der Waals surface area (Å²) in [6, 6.07) is 9.04. The lowest BCUT2D eigenvalue weighted by Gasteiger charge is -2.43. The maximum atomic E-state index is 12.6. The first kappa shape index (κ1) is 26.7. The van der Waals surface area contributed by atoms with Crippen LogP contribution in [0.2, 0.25) is 0 Å². The van der Waals surface area contributed by atoms with Gasteiger partial charge >= 0.3 is 5.97 Å². The van der Waals surface area contributed by atoms with Crippen LogP contribution in [-0.4, -0.2) is 97.5 Å². The van der Waals surface area contributed by atoms with Gasteiger partial charge in [0.05, 0.1) is 24.9 Å². The summed E-state index contributed by atoms with van der Waals surface area (Å²) in [6.07, 6.45) is -5.83. The molecule has 0 unspecified atom stereocenters. The molecule has 1 aromatic rings. The average molecular weight is 510 g/mol. The van der Waals surface area contributed by atoms with Gasteiger partial charge in [0.1, 0.15) is 35.6 Å². The first-order chi connectivity index (χ1) is 17.1. The van der Waals surface area contributed by atoms with Gasteiger partial charge in [-0.25, -0.2) is 4.79 Å². The maximum Gasteiger partial charge on any atom is 0.331 e. The lowest BCUT2D eigenvalue weighted by atomic mass is 9.81. The molecule has 12 heteroatoms. The highest BCUT2D eigenvalue weighted by molar-refractivity contribution is 5.87. The number of fused-ring (bicyclic) bond motifs is 1. The second-order valence-corrected chi connectivity index (χ2v) is 9.26. The molecule has 3 aliphatic rings. The van der Waals surface area contributed by atoms with Crippen LogP contribution < -0.4 is 0 Å². The number of esters is 1. The molecular formula is C24H30O12. The third kappa shape index (κ3) is 5.05. The lowest BCUT2D eigenvalue weighted by molar-refractivity contribution is -0.474. The van der Waals surface area contributed by atoms with Crippen LogP contribution in [0.25, 0.3) is 6.08 Å². The van der Waals surface area contributed by atoms with Crippen molar-refractivity contribution >= 4 is 12.0 Å². The van der Waals surface area contributed by atoms with Crippen molar-refractivity contribution in [2.75, 3.05) is 6.61 Å². The maximum absolute atomic E-state index is 12.6. The Hall–Kier alpha value is -2.39. The fourth-order valence-electron chi connectivity index (χ4n) is 4.83. The molecule has 4 rings (SSSR count). The van der Waals surface area contributed by atoms with Crippen molar-refractivity contribution in [3.05, 3.63) is 54.3 Å². The van der Waals surface area contributed by atoms with E-state index in [1.165, 1.54) is 19.1 Å². The van der Waals surface area contributed by atoms with E-state index in [1.54, 1.807) is 18.2 Å². The molecule has 1 aromatic carbocycles. The van der Waals surface area contributed by atoms with Gasteiger partial charge in [-0.2, -0.15) is 9.78 Å². The number of aliphatic hydroxyl groups is 6. The number of aliphatic hydroxyl groups excluding tert-OH is 5. The van der Waals surface area contributed by atoms with Gasteiger partial charge < -0.3 is 44.8 Å². The molecule has 2 aliphatic heterocycles. The van der Waals surface area contributed by atoms with E-state index in [4.69, 9.17) is 24.0 Å². The summed E-state index contributed by atoms with van der Waals surface area (Å²) in [4.78, 5) is 23.0. The molecule has 12 nitrogen and oxygen atoms in total. The molecule has 0 aromatic heterocycles. The van der Waals surface area contributed by atoms with Gasteiger partial charge in [-0.1, -0.05) is 30.3 Å². The Labute approximate surface area is 206 Å². The molecule has 2 fully saturated rings. The monoisotopic (exact) mass is 510 g/mol. The summed E-state index contributed by atoms with van der Waals surface area (Å²) >= 11 is 0. The fourth-order valence-corrected chi connectivity index (χ4v) is 4.83. The standard InChI is InChI=1S/C24H30O12/c1-23(34-16(27)8-7-13-5-3-2-4-6-13)11-15(26)24(31)9-10-32-22(20(23)24)36-35-21-19(30)18(29)17(28)14(12-25)33-21/h2-10,14-15,17-22,25-26,28-31H,11-12H2,1H3/b8-7+/t14-,15-,17-,18+,19-,20-,21-,22+,23+,24-/m1/s1. The molecule has 36 heavy (non-hydrogen) atoms. The lowest BCUT2D eigenvalue weighted by Crippen LogP contribution is -2.60. The molecule has 10 atom stereocenters. The van der Waals surface area contributed by atoms with Gasteiger partial charge in [0.25, 0.3) is 0 Å². The van der Waals surface area contributed by atoms with E-state index in [0.717, 1.165) is 11.8 Å². The Balaban J connectivity index is 1.49. The Bertz CT molecular complexity index is 967. The highest BCUT2D eigenvalue weighted by atomic mass is 17.2. The molecule has 1 saturated carbocycles. The van der Waals surface area contributed by atoms with Gasteiger partial charge in [-0.3, -0.25) is 0 Å². The van der Waals surface area contributed by atoms with E-state index in [2.05, 4.69) is 0 Å². The minimum Gasteiger partial charge on any atom is -0.469 e. The molecule has 0 radical (unpaired) electrons. The highest BCUT2D eigenvalue weighted by Crippen LogP contribution is 2.51. The summed E-state index contributed by atoms with van der Waals surface area (Å²) in [5.74, 6) is -1.93. The highest BCUT2D eigenvalue weighted by Gasteiger charge is 2.66. The van der Waals surface area contributed by atoms with Gasteiger partial charge in [-0.05, 0) is 24.6 Å². The zero-order chi connectivity index (χ0) is 26.1. The van der Waals surface area contributed by atoms with Gasteiger partial charge in [0.2, 0.25) is 12.6 Å². The number of ether oxygens (including phenoxy) is 3. The Morgan fingerprint density at radius 2 is 1.78 bits per heavy atom. The predicted octanol–water partition coefficient (Wildman–Crippen LogP) is -1.27. The van der Waals surface area contributed by atoms with Crippen molar-refractivity contribution in [2.45, 2.75) is 67.6 Å². The second-order valence-electron chi connectivity index (χ2n) is 9.26. The minimum absolute atomic E-state index is 0.160. The van der Waals surface area contributed by atoms with E-state index in [-0.39, 0.29) is 6.42 Å². The van der Waals surface area contributed by atoms with Crippen LogP contribution in [-0.2, 0) is 28.8 Å². The Morgan fingerprint density at radius 3 is 2.47 bits per heavy atom. The summed E-state index contributed by atoms with van der Waals surface area (Å²) in [6.45, 7) is 0.826. The van der Waals surface area contributed by atoms with Gasteiger partial charge in [0, 0.05) is 12.5 Å². The number of carbonyl (C=O) groups excluding carboxylic acids is 1. The number of carbonyl (C=O) groups is 1. The Morgan fingerprint density at radius 1 is 1.08 bits per heavy atom. The van der Waals surface area contributed by atoms with E-state index in [1.807, 2.05) is 18.2 Å². The zero-order valence-electron chi connectivity index (χ0n) is 19.4.